The van der Waals surface area contributed by atoms with Crippen molar-refractivity contribution in [1.29, 1.82) is 0 Å². The lowest BCUT2D eigenvalue weighted by atomic mass is 10.1. The molecule has 0 aliphatic heterocycles. The van der Waals surface area contributed by atoms with Crippen LogP contribution < -0.4 is 0 Å². The van der Waals surface area contributed by atoms with E-state index in [1.807, 2.05) is 25.1 Å². The molecule has 0 saturated heterocycles. The van der Waals surface area contributed by atoms with Crippen molar-refractivity contribution in [2.24, 2.45) is 0 Å². The van der Waals surface area contributed by atoms with Gasteiger partial charge in [-0.1, -0.05) is 53.3 Å². The zero-order valence-corrected chi connectivity index (χ0v) is 13.4. The molecular formula is C16H30O3S. The lowest BCUT2D eigenvalue weighted by molar-refractivity contribution is -0.128. The van der Waals surface area contributed by atoms with Crippen LogP contribution in [0.1, 0.15) is 47.6 Å². The Balaban J connectivity index is -0.000000230. The Morgan fingerprint density at radius 2 is 1.70 bits per heavy atom. The number of para-hydroxylation sites is 1. The fraction of sp³-hybridized carbons (Fsp3) is 0.562. The van der Waals surface area contributed by atoms with Gasteiger partial charge >= 0.3 is 0 Å². The Bertz CT molecular complexity index is 327. The molecule has 1 N–H and O–H groups in total. The van der Waals surface area contributed by atoms with Crippen LogP contribution in [0.4, 0.5) is 0 Å². The van der Waals surface area contributed by atoms with Gasteiger partial charge in [0.2, 0.25) is 0 Å². The average Bonchev–Trinajstić information content (AvgIpc) is 2.29. The molecule has 4 heteroatoms. The number of thiol groups is 1. The van der Waals surface area contributed by atoms with Gasteiger partial charge in [-0.2, -0.15) is 12.6 Å². The number of hydrogen-bond acceptors (Lipinski definition) is 4. The van der Waals surface area contributed by atoms with Gasteiger partial charge in [0.05, 0.1) is 6.61 Å². The van der Waals surface area contributed by atoms with Crippen molar-refractivity contribution < 1.29 is 14.6 Å². The number of phenolic OH excluding ortho intramolecular Hbond substituents is 1. The molecule has 0 saturated carbocycles. The maximum absolute atomic E-state index is 9.18. The van der Waals surface area contributed by atoms with Crippen molar-refractivity contribution in [3.05, 3.63) is 29.8 Å². The number of carbonyl (C=O) groups excluding carboxylic acids is 1. The van der Waals surface area contributed by atoms with Crippen molar-refractivity contribution >= 4 is 19.1 Å². The molecule has 0 amide bonds. The molecule has 1 rings (SSSR count). The first-order valence-corrected chi connectivity index (χ1v) is 6.75. The number of rotatable bonds is 3. The normalized spacial score (nSPS) is 8.90. The van der Waals surface area contributed by atoms with E-state index < -0.39 is 0 Å². The highest BCUT2D eigenvalue weighted by Crippen LogP contribution is 2.14. The second kappa shape index (κ2) is 14.3. The first kappa shape index (κ1) is 23.9. The Hall–Kier alpha value is -1.16. The standard InChI is InChI=1S/C8H10O.C4H10S.C3H6O2.CH4/c1-2-7-5-3-4-6-8(7)9;1-4(2,3)5;1-2-5-3-4;/h3-6,9H,2H2,1H3;5H,1-3H3;3H,2H2,1H3;1H4. The summed E-state index contributed by atoms with van der Waals surface area (Å²) in [7, 11) is 0. The molecule has 118 valence electrons. The van der Waals surface area contributed by atoms with Crippen LogP contribution in [-0.2, 0) is 16.0 Å². The summed E-state index contributed by atoms with van der Waals surface area (Å²) in [5.41, 5.74) is 1.01. The van der Waals surface area contributed by atoms with Crippen LogP contribution in [0.2, 0.25) is 0 Å². The number of aryl methyl sites for hydroxylation is 1. The zero-order valence-electron chi connectivity index (χ0n) is 12.5. The minimum Gasteiger partial charge on any atom is -0.508 e. The number of aromatic hydroxyl groups is 1. The first-order valence-electron chi connectivity index (χ1n) is 6.30. The van der Waals surface area contributed by atoms with Crippen LogP contribution in [0.25, 0.3) is 0 Å². The third kappa shape index (κ3) is 22.1. The highest BCUT2D eigenvalue weighted by molar-refractivity contribution is 7.81. The van der Waals surface area contributed by atoms with Crippen LogP contribution in [-0.4, -0.2) is 22.9 Å². The van der Waals surface area contributed by atoms with Gasteiger partial charge in [0, 0.05) is 4.75 Å². The zero-order chi connectivity index (χ0) is 15.3. The van der Waals surface area contributed by atoms with E-state index in [4.69, 9.17) is 5.11 Å². The lowest BCUT2D eigenvalue weighted by Crippen LogP contribution is -1.99. The number of ether oxygens (including phenoxy) is 1. The molecule has 0 unspecified atom stereocenters. The number of carbonyl (C=O) groups is 1. The monoisotopic (exact) mass is 302 g/mol. The van der Waals surface area contributed by atoms with Gasteiger partial charge in [0.25, 0.3) is 6.47 Å². The maximum Gasteiger partial charge on any atom is 0.293 e. The lowest BCUT2D eigenvalue weighted by Gasteiger charge is -2.04. The van der Waals surface area contributed by atoms with Crippen molar-refractivity contribution in [1.82, 2.24) is 0 Å². The predicted octanol–water partition coefficient (Wildman–Crippen LogP) is 4.48. The molecule has 20 heavy (non-hydrogen) atoms. The summed E-state index contributed by atoms with van der Waals surface area (Å²) in [6.45, 7) is 10.8. The van der Waals surface area contributed by atoms with Crippen molar-refractivity contribution in [3.8, 4) is 5.75 Å². The molecule has 0 aromatic heterocycles. The van der Waals surface area contributed by atoms with E-state index in [-0.39, 0.29) is 12.2 Å². The average molecular weight is 302 g/mol. The van der Waals surface area contributed by atoms with Gasteiger partial charge in [-0.3, -0.25) is 4.79 Å². The molecule has 0 spiro atoms. The SMILES string of the molecule is C.CC(C)(C)S.CCOC=O.CCc1ccccc1O. The third-order valence-electron chi connectivity index (χ3n) is 1.61. The predicted molar refractivity (Wildman–Crippen MR) is 90.6 cm³/mol. The largest absolute Gasteiger partial charge is 0.508 e. The van der Waals surface area contributed by atoms with E-state index >= 15 is 0 Å². The topological polar surface area (TPSA) is 46.5 Å². The smallest absolute Gasteiger partial charge is 0.293 e. The molecule has 0 aliphatic carbocycles. The highest BCUT2D eigenvalue weighted by Gasteiger charge is 1.96. The van der Waals surface area contributed by atoms with Crippen LogP contribution in [0.3, 0.4) is 0 Å². The van der Waals surface area contributed by atoms with E-state index in [0.29, 0.717) is 18.8 Å². The van der Waals surface area contributed by atoms with Crippen LogP contribution >= 0.6 is 12.6 Å². The van der Waals surface area contributed by atoms with Crippen LogP contribution in [0.5, 0.6) is 5.75 Å². The Labute approximate surface area is 129 Å². The highest BCUT2D eigenvalue weighted by atomic mass is 32.1. The molecule has 0 fully saturated rings. The summed E-state index contributed by atoms with van der Waals surface area (Å²) in [5.74, 6) is 0.403. The molecule has 0 bridgehead atoms. The van der Waals surface area contributed by atoms with Gasteiger partial charge in [-0.15, -0.1) is 0 Å². The van der Waals surface area contributed by atoms with Gasteiger partial charge in [-0.05, 0) is 25.0 Å². The summed E-state index contributed by atoms with van der Waals surface area (Å²) in [6.07, 6.45) is 0.896. The van der Waals surface area contributed by atoms with E-state index in [9.17, 15) is 4.79 Å². The molecule has 0 radical (unpaired) electrons. The second-order valence-electron chi connectivity index (χ2n) is 4.70. The molecule has 1 aromatic carbocycles. The number of phenols is 1. The van der Waals surface area contributed by atoms with Crippen molar-refractivity contribution in [3.63, 3.8) is 0 Å². The molecular weight excluding hydrogens is 272 g/mol. The third-order valence-corrected chi connectivity index (χ3v) is 1.61. The van der Waals surface area contributed by atoms with Crippen LogP contribution in [0, 0.1) is 0 Å². The van der Waals surface area contributed by atoms with Crippen molar-refractivity contribution in [2.45, 2.75) is 53.2 Å². The summed E-state index contributed by atoms with van der Waals surface area (Å²) >= 11 is 4.12. The van der Waals surface area contributed by atoms with Gasteiger partial charge < -0.3 is 9.84 Å². The van der Waals surface area contributed by atoms with E-state index in [1.165, 1.54) is 0 Å². The minimum absolute atomic E-state index is 0. The summed E-state index contributed by atoms with van der Waals surface area (Å²) in [4.78, 5) is 9.18. The molecule has 0 atom stereocenters. The number of hydrogen-bond donors (Lipinski definition) is 2. The summed E-state index contributed by atoms with van der Waals surface area (Å²) in [5, 5.41) is 9.11. The fourth-order valence-corrected chi connectivity index (χ4v) is 0.878. The Morgan fingerprint density at radius 1 is 1.25 bits per heavy atom. The molecule has 1 aromatic rings. The second-order valence-corrected chi connectivity index (χ2v) is 6.05. The summed E-state index contributed by atoms with van der Waals surface area (Å²) in [6, 6.07) is 7.39. The quantitative estimate of drug-likeness (QED) is 0.639. The van der Waals surface area contributed by atoms with Gasteiger partial charge in [0.1, 0.15) is 5.75 Å². The van der Waals surface area contributed by atoms with Gasteiger partial charge in [0.15, 0.2) is 0 Å². The number of benzene rings is 1. The molecule has 0 heterocycles. The molecule has 3 nitrogen and oxygen atoms in total. The fourth-order valence-electron chi connectivity index (χ4n) is 0.878. The van der Waals surface area contributed by atoms with Crippen molar-refractivity contribution in [2.75, 3.05) is 6.61 Å². The van der Waals surface area contributed by atoms with E-state index in [2.05, 4.69) is 38.1 Å². The van der Waals surface area contributed by atoms with E-state index in [0.717, 1.165) is 12.0 Å². The summed E-state index contributed by atoms with van der Waals surface area (Å²) < 4.78 is 4.35. The minimum atomic E-state index is 0. The van der Waals surface area contributed by atoms with Crippen LogP contribution in [0.15, 0.2) is 24.3 Å². The van der Waals surface area contributed by atoms with E-state index in [1.54, 1.807) is 13.0 Å². The first-order chi connectivity index (χ1) is 8.76. The Kier molecular flexibility index (Phi) is 17.0. The Morgan fingerprint density at radius 3 is 1.90 bits per heavy atom. The molecule has 0 aliphatic rings. The van der Waals surface area contributed by atoms with Gasteiger partial charge in [-0.25, -0.2) is 0 Å². The maximum atomic E-state index is 9.18.